The van der Waals surface area contributed by atoms with Gasteiger partial charge in [-0.15, -0.1) is 5.10 Å². The van der Waals surface area contributed by atoms with Gasteiger partial charge in [0.05, 0.1) is 10.7 Å². The number of tetrazole rings is 1. The van der Waals surface area contributed by atoms with Gasteiger partial charge >= 0.3 is 0 Å². The van der Waals surface area contributed by atoms with Crippen molar-refractivity contribution in [2.75, 3.05) is 7.05 Å². The summed E-state index contributed by atoms with van der Waals surface area (Å²) in [6.45, 7) is 2.35. The van der Waals surface area contributed by atoms with Gasteiger partial charge in [0.15, 0.2) is 5.82 Å². The Morgan fingerprint density at radius 2 is 2.08 bits per heavy atom. The molecule has 1 heterocycles. The average molecular weight is 358 g/mol. The lowest BCUT2D eigenvalue weighted by Crippen LogP contribution is -2.38. The molecule has 0 bridgehead atoms. The minimum Gasteiger partial charge on any atom is -0.366 e. The molecule has 0 aliphatic heterocycles. The van der Waals surface area contributed by atoms with Gasteiger partial charge in [0, 0.05) is 19.5 Å². The molecule has 0 saturated heterocycles. The van der Waals surface area contributed by atoms with Crippen LogP contribution in [0.2, 0.25) is 0 Å². The third kappa shape index (κ3) is 4.63. The fourth-order valence-corrected chi connectivity index (χ4v) is 3.96. The summed E-state index contributed by atoms with van der Waals surface area (Å²) in [6, 6.07) is 10.6. The Balaban J connectivity index is 1.52. The first kappa shape index (κ1) is 18.0. The second-order valence-electron chi connectivity index (χ2n) is 7.13. The molecule has 25 heavy (non-hydrogen) atoms. The third-order valence-electron chi connectivity index (χ3n) is 5.18. The van der Waals surface area contributed by atoms with Gasteiger partial charge in [-0.25, -0.2) is 0 Å². The van der Waals surface area contributed by atoms with Crippen molar-refractivity contribution in [1.82, 2.24) is 25.1 Å². The summed E-state index contributed by atoms with van der Waals surface area (Å²) in [5.74, 6) is 1.71. The number of benzene rings is 1. The van der Waals surface area contributed by atoms with E-state index in [9.17, 15) is 0 Å². The van der Waals surface area contributed by atoms with E-state index < -0.39 is 0 Å². The van der Waals surface area contributed by atoms with Crippen LogP contribution in [-0.4, -0.2) is 43.2 Å². The number of thiocarbonyl (C=S) groups is 1. The van der Waals surface area contributed by atoms with E-state index in [0.717, 1.165) is 41.7 Å². The van der Waals surface area contributed by atoms with Crippen molar-refractivity contribution in [1.29, 1.82) is 0 Å². The number of rotatable bonds is 6. The zero-order chi connectivity index (χ0) is 17.6. The first-order valence-corrected chi connectivity index (χ1v) is 9.64. The van der Waals surface area contributed by atoms with Crippen molar-refractivity contribution in [2.45, 2.75) is 57.9 Å². The van der Waals surface area contributed by atoms with Crippen molar-refractivity contribution in [3.63, 3.8) is 0 Å². The molecule has 3 rings (SSSR count). The zero-order valence-electron chi connectivity index (χ0n) is 15.1. The summed E-state index contributed by atoms with van der Waals surface area (Å²) in [5, 5.41) is 12.1. The summed E-state index contributed by atoms with van der Waals surface area (Å²) in [5.41, 5.74) is 0.999. The van der Waals surface area contributed by atoms with Crippen molar-refractivity contribution < 1.29 is 0 Å². The molecular weight excluding hydrogens is 330 g/mol. The molecule has 0 spiro atoms. The summed E-state index contributed by atoms with van der Waals surface area (Å²) in [6.07, 6.45) is 7.94. The lowest BCUT2D eigenvalue weighted by atomic mass is 9.86. The van der Waals surface area contributed by atoms with Crippen molar-refractivity contribution in [3.05, 3.63) is 36.2 Å². The zero-order valence-corrected chi connectivity index (χ0v) is 16.0. The van der Waals surface area contributed by atoms with E-state index in [4.69, 9.17) is 12.2 Å². The van der Waals surface area contributed by atoms with Gasteiger partial charge in [-0.05, 0) is 54.2 Å². The summed E-state index contributed by atoms with van der Waals surface area (Å²) < 4.78 is 1.82. The minimum absolute atomic E-state index is 0.617. The molecule has 0 radical (unpaired) electrons. The van der Waals surface area contributed by atoms with Gasteiger partial charge in [-0.1, -0.05) is 50.2 Å². The summed E-state index contributed by atoms with van der Waals surface area (Å²) in [7, 11) is 2.17. The molecule has 1 aliphatic rings. The van der Waals surface area contributed by atoms with Crippen LogP contribution in [0.4, 0.5) is 0 Å². The topological polar surface area (TPSA) is 46.8 Å². The highest BCUT2D eigenvalue weighted by Gasteiger charge is 2.23. The van der Waals surface area contributed by atoms with Crippen molar-refractivity contribution >= 4 is 17.2 Å². The van der Waals surface area contributed by atoms with E-state index in [-0.39, 0.29) is 0 Å². The number of para-hydroxylation sites is 1. The summed E-state index contributed by atoms with van der Waals surface area (Å²) >= 11 is 5.68. The number of hydrogen-bond donors (Lipinski definition) is 0. The third-order valence-corrected chi connectivity index (χ3v) is 5.67. The number of hydrogen-bond acceptors (Lipinski definition) is 4. The molecule has 6 heteroatoms. The highest BCUT2D eigenvalue weighted by Crippen LogP contribution is 2.27. The Kier molecular flexibility index (Phi) is 6.13. The Morgan fingerprint density at radius 3 is 2.84 bits per heavy atom. The maximum atomic E-state index is 5.68. The minimum atomic E-state index is 0.617. The second-order valence-corrected chi connectivity index (χ2v) is 7.60. The molecule has 1 fully saturated rings. The quantitative estimate of drug-likeness (QED) is 0.736. The number of nitrogens with zero attached hydrogens (tertiary/aromatic N) is 5. The predicted octanol–water partition coefficient (Wildman–Crippen LogP) is 3.82. The predicted molar refractivity (Wildman–Crippen MR) is 104 cm³/mol. The van der Waals surface area contributed by atoms with Crippen LogP contribution in [0, 0.1) is 5.92 Å². The second kappa shape index (κ2) is 8.52. The molecule has 1 aromatic heterocycles. The Morgan fingerprint density at radius 1 is 1.28 bits per heavy atom. The van der Waals surface area contributed by atoms with Gasteiger partial charge in [-0.3, -0.25) is 0 Å². The van der Waals surface area contributed by atoms with E-state index >= 15 is 0 Å². The number of aryl methyl sites for hydroxylation is 1. The van der Waals surface area contributed by atoms with Gasteiger partial charge in [0.25, 0.3) is 0 Å². The van der Waals surface area contributed by atoms with E-state index in [2.05, 4.69) is 34.4 Å². The summed E-state index contributed by atoms with van der Waals surface area (Å²) in [4.78, 5) is 3.41. The lowest BCUT2D eigenvalue weighted by molar-refractivity contribution is 0.231. The van der Waals surface area contributed by atoms with E-state index in [1.165, 1.54) is 25.7 Å². The van der Waals surface area contributed by atoms with Crippen molar-refractivity contribution in [2.24, 2.45) is 5.92 Å². The largest absolute Gasteiger partial charge is 0.366 e. The fourth-order valence-electron chi connectivity index (χ4n) is 3.66. The molecule has 0 N–H and O–H groups in total. The van der Waals surface area contributed by atoms with Gasteiger partial charge < -0.3 is 4.90 Å². The van der Waals surface area contributed by atoms with E-state index in [1.807, 2.05) is 35.0 Å². The lowest BCUT2D eigenvalue weighted by Gasteiger charge is -2.35. The van der Waals surface area contributed by atoms with Crippen LogP contribution in [0.15, 0.2) is 30.3 Å². The van der Waals surface area contributed by atoms with E-state index in [1.54, 1.807) is 0 Å². The monoisotopic (exact) mass is 357 g/mol. The maximum Gasteiger partial charge on any atom is 0.156 e. The van der Waals surface area contributed by atoms with Crippen LogP contribution in [0.1, 0.15) is 51.3 Å². The SMILES string of the molecule is CC1CCCC(N(C)C(=S)CCCc2nnnn2-c2ccccc2)C1. The molecule has 1 aromatic carbocycles. The standard InChI is InChI=1S/C19H27N5S/c1-15-8-6-11-17(14-15)23(2)19(25)13-7-12-18-20-21-22-24(18)16-9-4-3-5-10-16/h3-5,9-10,15,17H,6-8,11-14H2,1-2H3. The normalized spacial score (nSPS) is 20.4. The highest BCUT2D eigenvalue weighted by molar-refractivity contribution is 7.80. The van der Waals surface area contributed by atoms with Crippen LogP contribution >= 0.6 is 12.2 Å². The Hall–Kier alpha value is -1.82. The van der Waals surface area contributed by atoms with Gasteiger partial charge in [0.2, 0.25) is 0 Å². The molecule has 2 atom stereocenters. The Bertz CT molecular complexity index is 684. The molecule has 1 saturated carbocycles. The van der Waals surface area contributed by atoms with Crippen LogP contribution in [0.3, 0.4) is 0 Å². The highest BCUT2D eigenvalue weighted by atomic mass is 32.1. The molecule has 2 aromatic rings. The molecule has 2 unspecified atom stereocenters. The Labute approximate surface area is 155 Å². The van der Waals surface area contributed by atoms with Gasteiger partial charge in [-0.2, -0.15) is 4.68 Å². The first-order valence-electron chi connectivity index (χ1n) is 9.23. The van der Waals surface area contributed by atoms with Crippen LogP contribution < -0.4 is 0 Å². The maximum absolute atomic E-state index is 5.68. The van der Waals surface area contributed by atoms with Crippen molar-refractivity contribution in [3.8, 4) is 5.69 Å². The fraction of sp³-hybridized carbons (Fsp3) is 0.579. The van der Waals surface area contributed by atoms with Crippen LogP contribution in [0.25, 0.3) is 5.69 Å². The number of aromatic nitrogens is 4. The molecule has 0 amide bonds. The van der Waals surface area contributed by atoms with Crippen LogP contribution in [0.5, 0.6) is 0 Å². The molecule has 1 aliphatic carbocycles. The van der Waals surface area contributed by atoms with Gasteiger partial charge in [0.1, 0.15) is 0 Å². The molecule has 134 valence electrons. The molecule has 5 nitrogen and oxygen atoms in total. The van der Waals surface area contributed by atoms with Crippen LogP contribution in [-0.2, 0) is 6.42 Å². The first-order chi connectivity index (χ1) is 12.1. The van der Waals surface area contributed by atoms with E-state index in [0.29, 0.717) is 6.04 Å². The smallest absolute Gasteiger partial charge is 0.156 e. The molecular formula is C19H27N5S. The average Bonchev–Trinajstić information content (AvgIpc) is 3.10.